The predicted octanol–water partition coefficient (Wildman–Crippen LogP) is 2.26. The number of methoxy groups -OCH3 is 1. The lowest BCUT2D eigenvalue weighted by Crippen LogP contribution is -2.28. The molecule has 22 heavy (non-hydrogen) atoms. The molecule has 0 aliphatic rings. The van der Waals surface area contributed by atoms with Crippen LogP contribution in [0.2, 0.25) is 0 Å². The molecule has 1 amide bonds. The second-order valence-corrected chi connectivity index (χ2v) is 4.55. The highest BCUT2D eigenvalue weighted by Crippen LogP contribution is 2.12. The molecular weight excluding hydrogens is 280 g/mol. The Kier molecular flexibility index (Phi) is 5.38. The van der Waals surface area contributed by atoms with Gasteiger partial charge < -0.3 is 14.8 Å². The summed E-state index contributed by atoms with van der Waals surface area (Å²) < 4.78 is 10.4. The minimum Gasteiger partial charge on any atom is -0.497 e. The average Bonchev–Trinajstić information content (AvgIpc) is 2.59. The lowest BCUT2D eigenvalue weighted by Gasteiger charge is -2.08. The highest BCUT2D eigenvalue weighted by molar-refractivity contribution is 5.77. The first-order valence-electron chi connectivity index (χ1n) is 6.74. The van der Waals surface area contributed by atoms with Crippen molar-refractivity contribution >= 4 is 5.91 Å². The highest BCUT2D eigenvalue weighted by Gasteiger charge is 2.03. The number of benzene rings is 2. The first-order valence-corrected chi connectivity index (χ1v) is 6.74. The summed E-state index contributed by atoms with van der Waals surface area (Å²) in [6.07, 6.45) is 0. The van der Waals surface area contributed by atoms with Crippen LogP contribution in [0.15, 0.2) is 48.5 Å². The van der Waals surface area contributed by atoms with Crippen LogP contribution in [-0.4, -0.2) is 19.6 Å². The fraction of sp³-hybridized carbons (Fsp3) is 0.176. The van der Waals surface area contributed by atoms with Crippen molar-refractivity contribution in [2.75, 3.05) is 13.7 Å². The second-order valence-electron chi connectivity index (χ2n) is 4.55. The van der Waals surface area contributed by atoms with E-state index in [2.05, 4.69) is 5.32 Å². The first-order chi connectivity index (χ1) is 10.7. The number of rotatable bonds is 6. The minimum absolute atomic E-state index is 0.0674. The molecule has 0 radical (unpaired) electrons. The van der Waals surface area contributed by atoms with Gasteiger partial charge in [-0.15, -0.1) is 0 Å². The van der Waals surface area contributed by atoms with E-state index >= 15 is 0 Å². The van der Waals surface area contributed by atoms with E-state index in [0.717, 1.165) is 11.3 Å². The third kappa shape index (κ3) is 4.53. The maximum atomic E-state index is 11.7. The Morgan fingerprint density at radius 2 is 1.73 bits per heavy atom. The number of amides is 1. The average molecular weight is 296 g/mol. The fourth-order valence-electron chi connectivity index (χ4n) is 1.77. The largest absolute Gasteiger partial charge is 0.497 e. The zero-order valence-corrected chi connectivity index (χ0v) is 12.2. The molecule has 0 saturated heterocycles. The molecule has 0 unspecified atom stereocenters. The number of ether oxygens (including phenoxy) is 2. The van der Waals surface area contributed by atoms with Gasteiger partial charge in [0.25, 0.3) is 5.91 Å². The Morgan fingerprint density at radius 3 is 2.32 bits per heavy atom. The highest BCUT2D eigenvalue weighted by atomic mass is 16.5. The van der Waals surface area contributed by atoms with Crippen LogP contribution in [0, 0.1) is 11.3 Å². The number of nitrogens with one attached hydrogen (secondary N) is 1. The van der Waals surface area contributed by atoms with Crippen molar-refractivity contribution in [3.8, 4) is 17.6 Å². The van der Waals surface area contributed by atoms with E-state index in [1.807, 2.05) is 30.3 Å². The third-order valence-electron chi connectivity index (χ3n) is 3.00. The summed E-state index contributed by atoms with van der Waals surface area (Å²) in [6, 6.07) is 16.1. The molecule has 0 aliphatic carbocycles. The summed E-state index contributed by atoms with van der Waals surface area (Å²) in [5.41, 5.74) is 1.53. The summed E-state index contributed by atoms with van der Waals surface area (Å²) >= 11 is 0. The van der Waals surface area contributed by atoms with E-state index in [1.165, 1.54) is 0 Å². The molecule has 5 nitrogen and oxygen atoms in total. The van der Waals surface area contributed by atoms with Crippen molar-refractivity contribution in [3.05, 3.63) is 59.7 Å². The van der Waals surface area contributed by atoms with Crippen molar-refractivity contribution in [1.82, 2.24) is 5.32 Å². The predicted molar refractivity (Wildman–Crippen MR) is 81.5 cm³/mol. The third-order valence-corrected chi connectivity index (χ3v) is 3.00. The maximum Gasteiger partial charge on any atom is 0.258 e. The number of nitrogens with zero attached hydrogens (tertiary/aromatic N) is 1. The van der Waals surface area contributed by atoms with Crippen molar-refractivity contribution < 1.29 is 14.3 Å². The monoisotopic (exact) mass is 296 g/mol. The molecule has 2 rings (SSSR count). The maximum absolute atomic E-state index is 11.7. The molecule has 0 aromatic heterocycles. The Bertz CT molecular complexity index is 658. The van der Waals surface area contributed by atoms with Gasteiger partial charge in [0.05, 0.1) is 18.7 Å². The minimum atomic E-state index is -0.208. The van der Waals surface area contributed by atoms with Crippen LogP contribution >= 0.6 is 0 Å². The standard InChI is InChI=1S/C17H16N2O3/c1-21-15-6-4-14(5-7-15)11-19-17(20)12-22-16-8-2-13(10-18)3-9-16/h2-9H,11-12H2,1H3,(H,19,20). The van der Waals surface area contributed by atoms with Gasteiger partial charge in [-0.2, -0.15) is 5.26 Å². The van der Waals surface area contributed by atoms with Crippen LogP contribution in [0.1, 0.15) is 11.1 Å². The summed E-state index contributed by atoms with van der Waals surface area (Å²) in [7, 11) is 1.61. The van der Waals surface area contributed by atoms with Crippen LogP contribution < -0.4 is 14.8 Å². The van der Waals surface area contributed by atoms with E-state index in [1.54, 1.807) is 31.4 Å². The van der Waals surface area contributed by atoms with Crippen LogP contribution in [0.3, 0.4) is 0 Å². The SMILES string of the molecule is COc1ccc(CNC(=O)COc2ccc(C#N)cc2)cc1. The summed E-state index contributed by atoms with van der Waals surface area (Å²) in [5.74, 6) is 1.12. The lowest BCUT2D eigenvalue weighted by molar-refractivity contribution is -0.123. The quantitative estimate of drug-likeness (QED) is 0.887. The molecule has 0 spiro atoms. The molecule has 0 heterocycles. The Hall–Kier alpha value is -3.00. The molecule has 0 atom stereocenters. The number of hydrogen-bond acceptors (Lipinski definition) is 4. The van der Waals surface area contributed by atoms with Gasteiger partial charge in [-0.3, -0.25) is 4.79 Å². The Balaban J connectivity index is 1.76. The number of carbonyl (C=O) groups is 1. The van der Waals surface area contributed by atoms with Gasteiger partial charge in [0.2, 0.25) is 0 Å². The van der Waals surface area contributed by atoms with Gasteiger partial charge in [0.15, 0.2) is 6.61 Å². The van der Waals surface area contributed by atoms with E-state index in [-0.39, 0.29) is 12.5 Å². The number of carbonyl (C=O) groups excluding carboxylic acids is 1. The fourth-order valence-corrected chi connectivity index (χ4v) is 1.77. The van der Waals surface area contributed by atoms with E-state index in [9.17, 15) is 4.79 Å². The summed E-state index contributed by atoms with van der Waals surface area (Å²) in [6.45, 7) is 0.363. The molecule has 5 heteroatoms. The van der Waals surface area contributed by atoms with E-state index < -0.39 is 0 Å². The van der Waals surface area contributed by atoms with Gasteiger partial charge in [-0.25, -0.2) is 0 Å². The zero-order valence-electron chi connectivity index (χ0n) is 12.2. The van der Waals surface area contributed by atoms with Gasteiger partial charge >= 0.3 is 0 Å². The van der Waals surface area contributed by atoms with E-state index in [0.29, 0.717) is 17.9 Å². The van der Waals surface area contributed by atoms with Crippen molar-refractivity contribution in [1.29, 1.82) is 5.26 Å². The molecule has 0 saturated carbocycles. The molecule has 2 aromatic rings. The molecule has 0 fully saturated rings. The topological polar surface area (TPSA) is 71.3 Å². The molecule has 2 aromatic carbocycles. The van der Waals surface area contributed by atoms with Crippen LogP contribution in [0.4, 0.5) is 0 Å². The van der Waals surface area contributed by atoms with E-state index in [4.69, 9.17) is 14.7 Å². The summed E-state index contributed by atoms with van der Waals surface area (Å²) in [4.78, 5) is 11.7. The Morgan fingerprint density at radius 1 is 1.09 bits per heavy atom. The number of nitriles is 1. The van der Waals surface area contributed by atoms with Gasteiger partial charge in [-0.1, -0.05) is 12.1 Å². The van der Waals surface area contributed by atoms with Crippen molar-refractivity contribution in [3.63, 3.8) is 0 Å². The number of hydrogen-bond donors (Lipinski definition) is 1. The van der Waals surface area contributed by atoms with Crippen molar-refractivity contribution in [2.45, 2.75) is 6.54 Å². The molecule has 0 bridgehead atoms. The Labute approximate surface area is 129 Å². The summed E-state index contributed by atoms with van der Waals surface area (Å²) in [5, 5.41) is 11.5. The lowest BCUT2D eigenvalue weighted by atomic mass is 10.2. The zero-order chi connectivity index (χ0) is 15.8. The van der Waals surface area contributed by atoms with Crippen LogP contribution in [-0.2, 0) is 11.3 Å². The first kappa shape index (κ1) is 15.4. The van der Waals surface area contributed by atoms with Gasteiger partial charge in [-0.05, 0) is 42.0 Å². The van der Waals surface area contributed by atoms with Crippen molar-refractivity contribution in [2.24, 2.45) is 0 Å². The molecule has 1 N–H and O–H groups in total. The van der Waals surface area contributed by atoms with Crippen LogP contribution in [0.25, 0.3) is 0 Å². The smallest absolute Gasteiger partial charge is 0.258 e. The second kappa shape index (κ2) is 7.70. The van der Waals surface area contributed by atoms with Gasteiger partial charge in [0, 0.05) is 6.54 Å². The normalized spacial score (nSPS) is 9.64. The van der Waals surface area contributed by atoms with Crippen LogP contribution in [0.5, 0.6) is 11.5 Å². The molecular formula is C17H16N2O3. The molecule has 112 valence electrons. The molecule has 0 aliphatic heterocycles. The van der Waals surface area contributed by atoms with Gasteiger partial charge in [0.1, 0.15) is 11.5 Å².